The molecule has 2 N–H and O–H groups in total. The highest BCUT2D eigenvalue weighted by molar-refractivity contribution is 9.10. The van der Waals surface area contributed by atoms with Gasteiger partial charge in [-0.05, 0) is 18.7 Å². The van der Waals surface area contributed by atoms with Crippen molar-refractivity contribution in [1.29, 1.82) is 0 Å². The number of benzene rings is 1. The standard InChI is InChI=1S/C14H19BrN4/c1-18(8-12-4-2-3-5-14(12)15)9-13-10-19(7-6-16)11-17-13/h2-5,10-11H,6-9,16H2,1H3. The molecule has 0 aliphatic heterocycles. The highest BCUT2D eigenvalue weighted by atomic mass is 79.9. The Bertz CT molecular complexity index is 524. The van der Waals surface area contributed by atoms with Crippen molar-refractivity contribution in [1.82, 2.24) is 14.5 Å². The summed E-state index contributed by atoms with van der Waals surface area (Å²) in [7, 11) is 2.10. The highest BCUT2D eigenvalue weighted by Crippen LogP contribution is 2.17. The van der Waals surface area contributed by atoms with E-state index in [1.165, 1.54) is 5.56 Å². The van der Waals surface area contributed by atoms with E-state index in [0.717, 1.165) is 29.8 Å². The second kappa shape index (κ2) is 6.84. The van der Waals surface area contributed by atoms with Crippen LogP contribution in [0.3, 0.4) is 0 Å². The molecule has 19 heavy (non-hydrogen) atoms. The number of nitrogens with zero attached hydrogens (tertiary/aromatic N) is 3. The summed E-state index contributed by atoms with van der Waals surface area (Å²) in [6.45, 7) is 3.19. The Morgan fingerprint density at radius 2 is 2.11 bits per heavy atom. The first-order valence-corrected chi connectivity index (χ1v) is 7.11. The maximum atomic E-state index is 5.53. The lowest BCUT2D eigenvalue weighted by Crippen LogP contribution is -2.17. The number of halogens is 1. The van der Waals surface area contributed by atoms with Crippen LogP contribution in [-0.2, 0) is 19.6 Å². The molecule has 0 fully saturated rings. The fourth-order valence-electron chi connectivity index (χ4n) is 2.01. The minimum atomic E-state index is 0.641. The fourth-order valence-corrected chi connectivity index (χ4v) is 2.42. The molecule has 0 bridgehead atoms. The van der Waals surface area contributed by atoms with Crippen molar-refractivity contribution >= 4 is 15.9 Å². The molecule has 0 saturated heterocycles. The molecule has 2 aromatic rings. The molecule has 0 amide bonds. The largest absolute Gasteiger partial charge is 0.336 e. The van der Waals surface area contributed by atoms with E-state index in [4.69, 9.17) is 5.73 Å². The quantitative estimate of drug-likeness (QED) is 0.887. The predicted octanol–water partition coefficient (Wildman–Crippen LogP) is 2.24. The van der Waals surface area contributed by atoms with E-state index in [2.05, 4.69) is 57.3 Å². The Morgan fingerprint density at radius 1 is 1.32 bits per heavy atom. The van der Waals surface area contributed by atoms with Crippen molar-refractivity contribution in [2.24, 2.45) is 5.73 Å². The van der Waals surface area contributed by atoms with Gasteiger partial charge in [-0.2, -0.15) is 0 Å². The van der Waals surface area contributed by atoms with Crippen LogP contribution < -0.4 is 5.73 Å². The SMILES string of the molecule is CN(Cc1cn(CCN)cn1)Cc1ccccc1Br. The molecule has 4 nitrogen and oxygen atoms in total. The van der Waals surface area contributed by atoms with Crippen LogP contribution in [-0.4, -0.2) is 28.0 Å². The Kier molecular flexibility index (Phi) is 5.13. The molecule has 0 spiro atoms. The molecule has 0 radical (unpaired) electrons. The third-order valence-electron chi connectivity index (χ3n) is 2.90. The molecule has 5 heteroatoms. The molecule has 0 aliphatic carbocycles. The number of hydrogen-bond acceptors (Lipinski definition) is 3. The lowest BCUT2D eigenvalue weighted by Gasteiger charge is -2.16. The predicted molar refractivity (Wildman–Crippen MR) is 80.6 cm³/mol. The van der Waals surface area contributed by atoms with Crippen LogP contribution in [0.1, 0.15) is 11.3 Å². The van der Waals surface area contributed by atoms with Crippen LogP contribution in [0, 0.1) is 0 Å². The number of imidazole rings is 1. The Labute approximate surface area is 122 Å². The average Bonchev–Trinajstić information content (AvgIpc) is 2.80. The third-order valence-corrected chi connectivity index (χ3v) is 3.68. The molecule has 0 aliphatic rings. The molecule has 102 valence electrons. The van der Waals surface area contributed by atoms with E-state index >= 15 is 0 Å². The first-order chi connectivity index (χ1) is 9.19. The van der Waals surface area contributed by atoms with E-state index in [-0.39, 0.29) is 0 Å². The van der Waals surface area contributed by atoms with E-state index in [9.17, 15) is 0 Å². The Morgan fingerprint density at radius 3 is 2.84 bits per heavy atom. The molecule has 0 atom stereocenters. The van der Waals surface area contributed by atoms with Gasteiger partial charge in [-0.3, -0.25) is 4.90 Å². The molecule has 1 heterocycles. The topological polar surface area (TPSA) is 47.1 Å². The van der Waals surface area contributed by atoms with Crippen molar-refractivity contribution in [3.63, 3.8) is 0 Å². The zero-order valence-electron chi connectivity index (χ0n) is 11.1. The highest BCUT2D eigenvalue weighted by Gasteiger charge is 2.06. The summed E-state index contributed by atoms with van der Waals surface area (Å²) in [6.07, 6.45) is 3.90. The summed E-state index contributed by atoms with van der Waals surface area (Å²) in [6, 6.07) is 8.29. The van der Waals surface area contributed by atoms with Crippen LogP contribution in [0.25, 0.3) is 0 Å². The van der Waals surface area contributed by atoms with Gasteiger partial charge in [0, 0.05) is 36.8 Å². The number of hydrogen-bond donors (Lipinski definition) is 1. The number of aromatic nitrogens is 2. The summed E-state index contributed by atoms with van der Waals surface area (Å²) in [5.74, 6) is 0. The molecular formula is C14H19BrN4. The molecule has 0 unspecified atom stereocenters. The van der Waals surface area contributed by atoms with Gasteiger partial charge in [-0.1, -0.05) is 34.1 Å². The second-order valence-corrected chi connectivity index (χ2v) is 5.51. The number of nitrogens with two attached hydrogens (primary N) is 1. The van der Waals surface area contributed by atoms with Gasteiger partial charge in [-0.15, -0.1) is 0 Å². The van der Waals surface area contributed by atoms with Crippen molar-refractivity contribution < 1.29 is 0 Å². The van der Waals surface area contributed by atoms with Gasteiger partial charge in [0.2, 0.25) is 0 Å². The summed E-state index contributed by atoms with van der Waals surface area (Å²) < 4.78 is 3.18. The van der Waals surface area contributed by atoms with Gasteiger partial charge in [0.15, 0.2) is 0 Å². The van der Waals surface area contributed by atoms with Crippen LogP contribution >= 0.6 is 15.9 Å². The van der Waals surface area contributed by atoms with E-state index in [1.807, 2.05) is 17.0 Å². The van der Waals surface area contributed by atoms with E-state index in [1.54, 1.807) is 0 Å². The molecular weight excluding hydrogens is 304 g/mol. The van der Waals surface area contributed by atoms with Gasteiger partial charge in [0.1, 0.15) is 0 Å². The number of rotatable bonds is 6. The van der Waals surface area contributed by atoms with Crippen LogP contribution in [0.4, 0.5) is 0 Å². The third kappa shape index (κ3) is 4.16. The maximum absolute atomic E-state index is 5.53. The summed E-state index contributed by atoms with van der Waals surface area (Å²) in [5.41, 5.74) is 7.88. The second-order valence-electron chi connectivity index (χ2n) is 4.66. The van der Waals surface area contributed by atoms with E-state index < -0.39 is 0 Å². The van der Waals surface area contributed by atoms with Gasteiger partial charge in [0.25, 0.3) is 0 Å². The van der Waals surface area contributed by atoms with E-state index in [0.29, 0.717) is 6.54 Å². The smallest absolute Gasteiger partial charge is 0.0950 e. The van der Waals surface area contributed by atoms with Crippen LogP contribution in [0.15, 0.2) is 41.3 Å². The van der Waals surface area contributed by atoms with Crippen molar-refractivity contribution in [2.45, 2.75) is 19.6 Å². The summed E-state index contributed by atoms with van der Waals surface area (Å²) >= 11 is 3.57. The maximum Gasteiger partial charge on any atom is 0.0950 e. The normalized spacial score (nSPS) is 11.2. The first-order valence-electron chi connectivity index (χ1n) is 6.31. The van der Waals surface area contributed by atoms with Crippen molar-refractivity contribution in [2.75, 3.05) is 13.6 Å². The lowest BCUT2D eigenvalue weighted by molar-refractivity contribution is 0.315. The van der Waals surface area contributed by atoms with Gasteiger partial charge in [-0.25, -0.2) is 4.98 Å². The molecule has 0 saturated carbocycles. The van der Waals surface area contributed by atoms with Gasteiger partial charge >= 0.3 is 0 Å². The molecule has 1 aromatic heterocycles. The zero-order chi connectivity index (χ0) is 13.7. The fraction of sp³-hybridized carbons (Fsp3) is 0.357. The van der Waals surface area contributed by atoms with Crippen LogP contribution in [0.5, 0.6) is 0 Å². The molecule has 2 rings (SSSR count). The Balaban J connectivity index is 1.93. The zero-order valence-corrected chi connectivity index (χ0v) is 12.7. The van der Waals surface area contributed by atoms with Gasteiger partial charge < -0.3 is 10.3 Å². The lowest BCUT2D eigenvalue weighted by atomic mass is 10.2. The van der Waals surface area contributed by atoms with Gasteiger partial charge in [0.05, 0.1) is 12.0 Å². The van der Waals surface area contributed by atoms with Crippen molar-refractivity contribution in [3.05, 3.63) is 52.5 Å². The van der Waals surface area contributed by atoms with Crippen molar-refractivity contribution in [3.8, 4) is 0 Å². The van der Waals surface area contributed by atoms with Crippen LogP contribution in [0.2, 0.25) is 0 Å². The average molecular weight is 323 g/mol. The summed E-state index contributed by atoms with van der Waals surface area (Å²) in [5, 5.41) is 0. The molecule has 1 aromatic carbocycles. The Hall–Kier alpha value is -1.17. The minimum Gasteiger partial charge on any atom is -0.336 e. The first kappa shape index (κ1) is 14.2. The monoisotopic (exact) mass is 322 g/mol. The minimum absolute atomic E-state index is 0.641. The summed E-state index contributed by atoms with van der Waals surface area (Å²) in [4.78, 5) is 6.64.